The van der Waals surface area contributed by atoms with Crippen LogP contribution in [0.2, 0.25) is 0 Å². The van der Waals surface area contributed by atoms with Gasteiger partial charge in [-0.1, -0.05) is 30.3 Å². The molecule has 2 heterocycles. The van der Waals surface area contributed by atoms with Crippen LogP contribution in [0.5, 0.6) is 0 Å². The number of rotatable bonds is 9. The van der Waals surface area contributed by atoms with E-state index in [1.165, 1.54) is 4.90 Å². The molecule has 0 bridgehead atoms. The van der Waals surface area contributed by atoms with Crippen molar-refractivity contribution in [3.05, 3.63) is 35.9 Å². The highest BCUT2D eigenvalue weighted by molar-refractivity contribution is 7.99. The quantitative estimate of drug-likeness (QED) is 0.545. The summed E-state index contributed by atoms with van der Waals surface area (Å²) in [5, 5.41) is 13.1. The molecular formula is C24H34N2O5S. The molecule has 0 aliphatic carbocycles. The van der Waals surface area contributed by atoms with Crippen LogP contribution in [0.15, 0.2) is 30.3 Å². The molecule has 2 aliphatic rings. The van der Waals surface area contributed by atoms with E-state index >= 15 is 0 Å². The van der Waals surface area contributed by atoms with Gasteiger partial charge in [-0.3, -0.25) is 14.9 Å². The van der Waals surface area contributed by atoms with Crippen LogP contribution in [-0.2, 0) is 25.5 Å². The number of benzene rings is 1. The van der Waals surface area contributed by atoms with Crippen LogP contribution in [-0.4, -0.2) is 70.6 Å². The second kappa shape index (κ2) is 11.2. The Bertz CT molecular complexity index is 797. The number of ether oxygens (including phenoxy) is 1. The fourth-order valence-corrected chi connectivity index (χ4v) is 6.29. The summed E-state index contributed by atoms with van der Waals surface area (Å²) in [6.45, 7) is 4.16. The van der Waals surface area contributed by atoms with Crippen molar-refractivity contribution in [2.24, 2.45) is 5.41 Å². The average Bonchev–Trinajstić information content (AvgIpc) is 3.15. The average molecular weight is 463 g/mol. The molecule has 7 nitrogen and oxygen atoms in total. The lowest BCUT2D eigenvalue weighted by atomic mass is 9.77. The van der Waals surface area contributed by atoms with Crippen molar-refractivity contribution < 1.29 is 24.2 Å². The maximum atomic E-state index is 13.3. The monoisotopic (exact) mass is 462 g/mol. The summed E-state index contributed by atoms with van der Waals surface area (Å²) < 4.78 is 5.22. The molecule has 8 heteroatoms. The first-order chi connectivity index (χ1) is 15.4. The third-order valence-electron chi connectivity index (χ3n) is 6.57. The summed E-state index contributed by atoms with van der Waals surface area (Å²) >= 11 is 1.78. The van der Waals surface area contributed by atoms with E-state index < -0.39 is 24.1 Å². The summed E-state index contributed by atoms with van der Waals surface area (Å²) in [5.41, 5.74) is 0.752. The van der Waals surface area contributed by atoms with Crippen LogP contribution >= 0.6 is 11.8 Å². The maximum absolute atomic E-state index is 13.3. The molecule has 176 valence electrons. The normalized spacial score (nSPS) is 24.8. The Morgan fingerprint density at radius 1 is 1.28 bits per heavy atom. The smallest absolute Gasteiger partial charge is 0.327 e. The van der Waals surface area contributed by atoms with Gasteiger partial charge in [0, 0.05) is 17.7 Å². The van der Waals surface area contributed by atoms with E-state index in [2.05, 4.69) is 5.32 Å². The number of hydrogen-bond acceptors (Lipinski definition) is 6. The number of nitrogens with one attached hydrogen (secondary N) is 1. The van der Waals surface area contributed by atoms with Gasteiger partial charge in [-0.05, 0) is 57.3 Å². The molecule has 0 aromatic heterocycles. The second-order valence-electron chi connectivity index (χ2n) is 8.76. The number of hydrogen-bond donors (Lipinski definition) is 2. The van der Waals surface area contributed by atoms with E-state index in [-0.39, 0.29) is 23.9 Å². The third-order valence-corrected chi connectivity index (χ3v) is 7.93. The van der Waals surface area contributed by atoms with Crippen LogP contribution in [0.25, 0.3) is 0 Å². The van der Waals surface area contributed by atoms with Crippen LogP contribution in [0.1, 0.15) is 45.1 Å². The number of carboxylic acids is 1. The molecule has 0 radical (unpaired) electrons. The number of aliphatic carboxylic acids is 1. The predicted octanol–water partition coefficient (Wildman–Crippen LogP) is 2.73. The highest BCUT2D eigenvalue weighted by Gasteiger charge is 2.53. The molecule has 2 aliphatic heterocycles. The maximum Gasteiger partial charge on any atom is 0.327 e. The molecule has 3 rings (SSSR count). The Balaban J connectivity index is 1.69. The Morgan fingerprint density at radius 3 is 2.66 bits per heavy atom. The summed E-state index contributed by atoms with van der Waals surface area (Å²) in [6, 6.07) is 7.71. The molecule has 1 spiro atoms. The first-order valence-electron chi connectivity index (χ1n) is 11.5. The largest absolute Gasteiger partial charge is 0.480 e. The fraction of sp³-hybridized carbons (Fsp3) is 0.625. The highest BCUT2D eigenvalue weighted by Crippen LogP contribution is 2.46. The van der Waals surface area contributed by atoms with Crippen molar-refractivity contribution in [1.29, 1.82) is 0 Å². The molecule has 32 heavy (non-hydrogen) atoms. The minimum absolute atomic E-state index is 0.262. The summed E-state index contributed by atoms with van der Waals surface area (Å²) in [5.74, 6) is 0.232. The van der Waals surface area contributed by atoms with Crippen LogP contribution in [0.4, 0.5) is 0 Å². The van der Waals surface area contributed by atoms with Gasteiger partial charge in [-0.25, -0.2) is 4.79 Å². The van der Waals surface area contributed by atoms with Gasteiger partial charge in [-0.15, -0.1) is 0 Å². The number of thioether (sulfide) groups is 1. The van der Waals surface area contributed by atoms with Gasteiger partial charge in [0.1, 0.15) is 12.1 Å². The minimum Gasteiger partial charge on any atom is -0.480 e. The van der Waals surface area contributed by atoms with Gasteiger partial charge in [0.15, 0.2) is 0 Å². The number of esters is 1. The first-order valence-corrected chi connectivity index (χ1v) is 12.6. The van der Waals surface area contributed by atoms with E-state index in [4.69, 9.17) is 4.74 Å². The van der Waals surface area contributed by atoms with Gasteiger partial charge < -0.3 is 14.7 Å². The van der Waals surface area contributed by atoms with Crippen molar-refractivity contribution in [2.45, 2.75) is 64.1 Å². The predicted molar refractivity (Wildman–Crippen MR) is 125 cm³/mol. The summed E-state index contributed by atoms with van der Waals surface area (Å²) in [6.07, 6.45) is 3.69. The highest BCUT2D eigenvalue weighted by atomic mass is 32.2. The zero-order chi connectivity index (χ0) is 23.1. The number of likely N-dealkylation sites (tertiary alicyclic amines) is 1. The van der Waals surface area contributed by atoms with E-state index in [9.17, 15) is 19.5 Å². The second-order valence-corrected chi connectivity index (χ2v) is 9.86. The molecule has 2 N–H and O–H groups in total. The molecule has 4 atom stereocenters. The number of nitrogens with zero attached hydrogens (tertiary/aromatic N) is 1. The fourth-order valence-electron chi connectivity index (χ4n) is 4.95. The van der Waals surface area contributed by atoms with E-state index in [1.807, 2.05) is 30.3 Å². The van der Waals surface area contributed by atoms with E-state index in [1.54, 1.807) is 25.6 Å². The lowest BCUT2D eigenvalue weighted by molar-refractivity contribution is -0.153. The topological polar surface area (TPSA) is 95.9 Å². The number of amides is 1. The molecule has 2 unspecified atom stereocenters. The lowest BCUT2D eigenvalue weighted by Gasteiger charge is -2.38. The van der Waals surface area contributed by atoms with Crippen LogP contribution in [0, 0.1) is 5.41 Å². The van der Waals surface area contributed by atoms with E-state index in [0.717, 1.165) is 29.9 Å². The van der Waals surface area contributed by atoms with Crippen molar-refractivity contribution in [3.8, 4) is 0 Å². The van der Waals surface area contributed by atoms with Gasteiger partial charge in [0.2, 0.25) is 5.91 Å². The van der Waals surface area contributed by atoms with Crippen molar-refractivity contribution in [1.82, 2.24) is 10.2 Å². The number of carbonyl (C=O) groups excluding carboxylic acids is 2. The molecule has 1 amide bonds. The standard InChI is InChI=1S/C24H34N2O5S/c1-3-31-23(30)19(11-10-18-8-5-4-6-9-18)25-17(2)21(27)26-14-13-24(20(26)22(28)29)12-7-15-32-16-24/h4-6,8-9,17,19-20,25H,3,7,10-16H2,1-2H3,(H,28,29)/t17-,19?,20+,24?/m0/s1. The van der Waals surface area contributed by atoms with Gasteiger partial charge >= 0.3 is 11.9 Å². The SMILES string of the molecule is CCOC(=O)C(CCc1ccccc1)N[C@@H](C)C(=O)N1CCC2(CCCSC2)[C@H]1C(=O)O. The lowest BCUT2D eigenvalue weighted by Crippen LogP contribution is -2.56. The molecular weight excluding hydrogens is 428 g/mol. The van der Waals surface area contributed by atoms with Crippen molar-refractivity contribution in [3.63, 3.8) is 0 Å². The van der Waals surface area contributed by atoms with E-state index in [0.29, 0.717) is 25.8 Å². The van der Waals surface area contributed by atoms with Crippen LogP contribution in [0.3, 0.4) is 0 Å². The number of carboxylic acid groups (broad SMARTS) is 1. The Labute approximate surface area is 194 Å². The van der Waals surface area contributed by atoms with Gasteiger partial charge in [-0.2, -0.15) is 11.8 Å². The Morgan fingerprint density at radius 2 is 2.03 bits per heavy atom. The molecule has 2 saturated heterocycles. The molecule has 1 aromatic rings. The third kappa shape index (κ3) is 5.64. The van der Waals surface area contributed by atoms with Gasteiger partial charge in [0.25, 0.3) is 0 Å². The van der Waals surface area contributed by atoms with Gasteiger partial charge in [0.05, 0.1) is 12.6 Å². The number of carbonyl (C=O) groups is 3. The van der Waals surface area contributed by atoms with Crippen LogP contribution < -0.4 is 5.32 Å². The molecule has 2 fully saturated rings. The summed E-state index contributed by atoms with van der Waals surface area (Å²) in [4.78, 5) is 39.6. The Hall–Kier alpha value is -2.06. The van der Waals surface area contributed by atoms with Crippen molar-refractivity contribution in [2.75, 3.05) is 24.7 Å². The first kappa shape index (κ1) is 24.6. The molecule has 0 saturated carbocycles. The Kier molecular flexibility index (Phi) is 8.59. The summed E-state index contributed by atoms with van der Waals surface area (Å²) in [7, 11) is 0. The molecule has 1 aromatic carbocycles. The van der Waals surface area contributed by atoms with Crippen molar-refractivity contribution >= 4 is 29.6 Å². The zero-order valence-corrected chi connectivity index (χ0v) is 19.7. The zero-order valence-electron chi connectivity index (χ0n) is 18.9. The minimum atomic E-state index is -0.934. The number of aryl methyl sites for hydroxylation is 1.